The van der Waals surface area contributed by atoms with E-state index in [1.807, 2.05) is 250 Å². The van der Waals surface area contributed by atoms with Crippen LogP contribution in [0.5, 0.6) is 0 Å². The fourth-order valence-corrected chi connectivity index (χ4v) is 13.0. The first-order valence-electron chi connectivity index (χ1n) is 45.8. The van der Waals surface area contributed by atoms with Gasteiger partial charge in [-0.15, -0.1) is 23.2 Å². The maximum atomic E-state index is 12.7. The number of amides is 5. The van der Waals surface area contributed by atoms with Crippen molar-refractivity contribution >= 4 is 142 Å². The van der Waals surface area contributed by atoms with Crippen LogP contribution in [0.1, 0.15) is 120 Å². The Balaban J connectivity index is 0.000000306. The number of likely N-dealkylation sites (N-methyl/N-ethyl adjacent to an activating group) is 8. The number of anilines is 4. The molecule has 0 fully saturated rings. The van der Waals surface area contributed by atoms with Gasteiger partial charge in [-0.1, -0.05) is 165 Å². The zero-order valence-corrected chi connectivity index (χ0v) is 82.3. The molecule has 0 saturated heterocycles. The van der Waals surface area contributed by atoms with Crippen LogP contribution in [0.15, 0.2) is 237 Å². The second-order valence-corrected chi connectivity index (χ2v) is 32.2. The van der Waals surface area contributed by atoms with E-state index in [9.17, 15) is 38.8 Å². The fraction of sp³-hybridized carbons (Fsp3) is 0.390. The summed E-state index contributed by atoms with van der Waals surface area (Å²) in [6, 6.07) is 60.9. The summed E-state index contributed by atoms with van der Waals surface area (Å²) in [5.41, 5.74) is 16.7. The third kappa shape index (κ3) is 45.3. The third-order valence-electron chi connectivity index (χ3n) is 21.1. The minimum absolute atomic E-state index is 0.0797. The van der Waals surface area contributed by atoms with Gasteiger partial charge >= 0.3 is 6.09 Å². The van der Waals surface area contributed by atoms with Crippen molar-refractivity contribution in [3.05, 3.63) is 256 Å². The molecule has 4 aliphatic rings. The number of aliphatic imine (C=N–C) groups is 4. The van der Waals surface area contributed by atoms with Gasteiger partial charge in [-0.3, -0.25) is 53.5 Å². The molecule has 32 heteroatoms. The number of carbonyl (C=O) groups is 7. The maximum absolute atomic E-state index is 12.7. The topological polar surface area (TPSA) is 364 Å². The van der Waals surface area contributed by atoms with Crippen LogP contribution in [0.3, 0.4) is 0 Å². The maximum Gasteiger partial charge on any atom is 0.407 e. The summed E-state index contributed by atoms with van der Waals surface area (Å²) in [6.45, 7) is 12.7. The molecule has 0 aromatic heterocycles. The molecule has 0 spiro atoms. The Morgan fingerprint density at radius 1 is 0.467 bits per heavy atom. The van der Waals surface area contributed by atoms with Crippen molar-refractivity contribution in [3.8, 4) is 6.07 Å². The molecule has 0 bridgehead atoms. The minimum atomic E-state index is -0.596. The number of hydrogen-bond acceptors (Lipinski definition) is 25. The van der Waals surface area contributed by atoms with Crippen molar-refractivity contribution in [1.82, 2.24) is 24.9 Å². The van der Waals surface area contributed by atoms with Crippen LogP contribution in [-0.2, 0) is 42.9 Å². The molecule has 7 aromatic carbocycles. The minimum Gasteiger partial charge on any atom is -0.448 e. The number of unbranched alkanes of at least 4 members (excludes halogenated alkanes) is 6. The molecule has 7 aromatic rings. The number of nitrogens with one attached hydrogen (secondary N) is 1. The van der Waals surface area contributed by atoms with Crippen LogP contribution in [0.2, 0.25) is 0 Å². The van der Waals surface area contributed by atoms with E-state index in [0.29, 0.717) is 125 Å². The lowest BCUT2D eigenvalue weighted by atomic mass is 10.0. The highest BCUT2D eigenvalue weighted by Crippen LogP contribution is 2.26. The summed E-state index contributed by atoms with van der Waals surface area (Å²) in [6.07, 6.45) is 23.3. The molecule has 137 heavy (non-hydrogen) atoms. The van der Waals surface area contributed by atoms with Crippen molar-refractivity contribution in [3.63, 3.8) is 0 Å². The van der Waals surface area contributed by atoms with Gasteiger partial charge in [0, 0.05) is 160 Å². The molecule has 736 valence electrons. The van der Waals surface area contributed by atoms with Gasteiger partial charge < -0.3 is 74.6 Å². The number of aldehydes is 2. The van der Waals surface area contributed by atoms with Crippen molar-refractivity contribution in [1.29, 1.82) is 5.26 Å². The number of aliphatic hydroxyl groups is 3. The summed E-state index contributed by atoms with van der Waals surface area (Å²) in [5, 5.41) is 38.9. The average molecular weight is 1920 g/mol. The zero-order chi connectivity index (χ0) is 99.8. The predicted molar refractivity (Wildman–Crippen MR) is 553 cm³/mol. The van der Waals surface area contributed by atoms with E-state index in [4.69, 9.17) is 67.9 Å². The Hall–Kier alpha value is -12.6. The first-order valence-corrected chi connectivity index (χ1v) is 46.8. The molecule has 0 radical (unpaired) electrons. The van der Waals surface area contributed by atoms with Gasteiger partial charge in [0.05, 0.1) is 72.1 Å². The van der Waals surface area contributed by atoms with E-state index in [1.54, 1.807) is 80.5 Å². The van der Waals surface area contributed by atoms with Crippen LogP contribution in [-0.4, -0.2) is 300 Å². The number of amidine groups is 4. The van der Waals surface area contributed by atoms with Gasteiger partial charge in [-0.05, 0) is 158 Å². The Morgan fingerprint density at radius 3 is 1.26 bits per heavy atom. The summed E-state index contributed by atoms with van der Waals surface area (Å²) in [5.74, 6) is 3.94. The first-order chi connectivity index (χ1) is 66.3. The number of halogens is 2. The third-order valence-corrected chi connectivity index (χ3v) is 21.7. The van der Waals surface area contributed by atoms with E-state index >= 15 is 0 Å². The fourth-order valence-electron chi connectivity index (χ4n) is 12.7. The van der Waals surface area contributed by atoms with E-state index in [-0.39, 0.29) is 56.5 Å². The molecule has 0 saturated carbocycles. The molecule has 1 atom stereocenters. The number of alkyl halides is 2. The Labute approximate surface area is 818 Å². The standard InChI is InChI=1S/C33H43ClN4O5.C25H26N4O2.C15H19N3O2.C10H22ClNO2.C10H13NO2.C7H6O.C5H8N2O/c1-37(20-23-43-33(40)35-19-22-42-25-24-41-21-9-4-3-8-18-34)29-15-12-28(13-16-29)26-30-32(39)38(2)31(36-30)17-14-27-10-6-5-7-11-27;1-28(14-15-30)22-11-8-20(9-12-22)16-21(18-26)17-23-25(31)29(2)24(27-23)13-10-19-6-4-3-5-7-19;1-11-16-14(15(20)18(11)3)10-12-4-6-13(7-5-12)17(2)8-9-19;11-5-3-1-2-4-7-13-9-10-14-8-6-12;1-11(6-7-12)10-4-2-9(8-13)3-5-10;8-6-7-4-2-1-3-5-7;1-4-6-3-5(8)7(4)2/h5-7,10-17,26H,3-4,8-9,18-25H2,1-2H3,(H,35,40);3-13,16,23,30H,14-15,17H2,1-2H3;4-7,10,19H,8-9H2,1-3H3;1-10,12H2;2-5,8,12H,6-7H2,1H3;1-6H;3H2,1-2H3/b17-14+,30-26-;13-10+,21-16-;14-10-;;;;. The second-order valence-electron chi connectivity index (χ2n) is 31.5. The van der Waals surface area contributed by atoms with E-state index < -0.39 is 12.1 Å². The van der Waals surface area contributed by atoms with Crippen molar-refractivity contribution in [2.75, 3.05) is 213 Å². The van der Waals surface area contributed by atoms with Crippen LogP contribution < -0.4 is 30.7 Å². The number of aliphatic hydroxyl groups excluding tert-OH is 3. The second kappa shape index (κ2) is 68.4. The molecular formula is C105H137Cl2N15O15. The molecule has 5 amide bonds. The lowest BCUT2D eigenvalue weighted by Gasteiger charge is -2.19. The van der Waals surface area contributed by atoms with E-state index in [1.165, 1.54) is 22.6 Å². The van der Waals surface area contributed by atoms with Crippen LogP contribution >= 0.6 is 23.2 Å². The molecular weight excluding hydrogens is 1780 g/mol. The van der Waals surface area contributed by atoms with Crippen LogP contribution in [0.4, 0.5) is 27.5 Å². The van der Waals surface area contributed by atoms with E-state index in [2.05, 4.69) is 31.4 Å². The van der Waals surface area contributed by atoms with Crippen LogP contribution in [0, 0.1) is 11.3 Å². The number of alkyl carbamates (subject to hydrolysis) is 1. The Kier molecular flexibility index (Phi) is 57.3. The molecule has 4 aliphatic heterocycles. The van der Waals surface area contributed by atoms with Gasteiger partial charge in [0.25, 0.3) is 17.7 Å². The number of hydrogen-bond donors (Lipinski definition) is 5. The quantitative estimate of drug-likeness (QED) is 0.00777. The molecule has 1 unspecified atom stereocenters. The average Bonchev–Trinajstić information content (AvgIpc) is 1.69. The highest BCUT2D eigenvalue weighted by Gasteiger charge is 2.32. The van der Waals surface area contributed by atoms with Gasteiger partial charge in [0.15, 0.2) is 0 Å². The molecule has 4 heterocycles. The summed E-state index contributed by atoms with van der Waals surface area (Å²) >= 11 is 11.2. The largest absolute Gasteiger partial charge is 0.448 e. The molecule has 0 aliphatic carbocycles. The van der Waals surface area contributed by atoms with Crippen molar-refractivity contribution in [2.24, 2.45) is 25.7 Å². The lowest BCUT2D eigenvalue weighted by molar-refractivity contribution is -0.126. The number of nitrogens with zero attached hydrogens (tertiary/aromatic N) is 13. The van der Waals surface area contributed by atoms with Gasteiger partial charge in [-0.2, -0.15) is 5.26 Å². The molecule has 6 N–H and O–H groups in total. The number of benzene rings is 7. The zero-order valence-electron chi connectivity index (χ0n) is 80.8. The van der Waals surface area contributed by atoms with Crippen LogP contribution in [0.25, 0.3) is 30.4 Å². The highest BCUT2D eigenvalue weighted by atomic mass is 35.5. The van der Waals surface area contributed by atoms with Gasteiger partial charge in [-0.25, -0.2) is 14.8 Å². The number of carbonyl (C=O) groups excluding carboxylic acids is 7. The lowest BCUT2D eigenvalue weighted by Crippen LogP contribution is -2.31. The van der Waals surface area contributed by atoms with Crippen molar-refractivity contribution < 1.29 is 72.6 Å². The normalized spacial score (nSPS) is 14.2. The Bertz CT molecular complexity index is 5050. The summed E-state index contributed by atoms with van der Waals surface area (Å²) in [7, 11) is 14.5. The predicted octanol–water partition coefficient (Wildman–Crippen LogP) is 14.4. The Morgan fingerprint density at radius 2 is 0.869 bits per heavy atom. The smallest absolute Gasteiger partial charge is 0.407 e. The number of ether oxygens (including phenoxy) is 5. The van der Waals surface area contributed by atoms with E-state index in [0.717, 1.165) is 138 Å². The molecule has 11 rings (SSSR count). The van der Waals surface area contributed by atoms with Gasteiger partial charge in [0.1, 0.15) is 66.5 Å². The number of nitriles is 1. The molecule has 30 nitrogen and oxygen atoms in total. The first kappa shape index (κ1) is 115. The number of rotatable bonds is 47. The SMILES string of the molecule is CC1=N/C(=C\c2ccc(N(C)CCO)cc2)C(=O)N1C.CC1=NCC(=O)N1C.CN(CCO)c1ccc(C=O)cc1.CN1C(=O)/C(=C/c2ccc(N(C)CCOC(=O)NCCOCCOCCCCCCCl)cc2)N=C1/C=C/c1ccccc1.CN1C(=O)C(C/C(C#N)=C/c2ccc(N(C)CCO)cc2)N=C1/C=C/c1ccccc1.NCCOCCOCCCCCCCl.O=Cc1ccccc1. The van der Waals surface area contributed by atoms with Gasteiger partial charge in [0.2, 0.25) is 5.91 Å². The summed E-state index contributed by atoms with van der Waals surface area (Å²) in [4.78, 5) is 111. The van der Waals surface area contributed by atoms with Crippen molar-refractivity contribution in [2.45, 2.75) is 77.7 Å². The number of nitrogens with two attached hydrogens (primary N) is 1. The monoisotopic (exact) mass is 1920 g/mol. The highest BCUT2D eigenvalue weighted by molar-refractivity contribution is 6.19. The summed E-state index contributed by atoms with van der Waals surface area (Å²) < 4.78 is 26.8.